The Kier molecular flexibility index (Phi) is 3.14. The molecular weight excluding hydrogens is 174 g/mol. The molecule has 1 aromatic rings. The summed E-state index contributed by atoms with van der Waals surface area (Å²) in [4.78, 5) is 3.31. The smallest absolute Gasteiger partial charge is 0.187 e. The summed E-state index contributed by atoms with van der Waals surface area (Å²) in [5.74, 6) is 0.826. The summed E-state index contributed by atoms with van der Waals surface area (Å²) in [6, 6.07) is 7.20. The zero-order valence-corrected chi connectivity index (χ0v) is 8.87. The highest BCUT2D eigenvalue weighted by Gasteiger charge is 2.10. The summed E-state index contributed by atoms with van der Waals surface area (Å²) < 4.78 is 5.57. The molecule has 0 heterocycles. The second kappa shape index (κ2) is 4.15. The van der Waals surface area contributed by atoms with Crippen LogP contribution in [0.25, 0.3) is 4.85 Å². The van der Waals surface area contributed by atoms with Crippen LogP contribution in [0.4, 0.5) is 5.69 Å². The predicted octanol–water partition coefficient (Wildman–Crippen LogP) is 3.66. The Balaban J connectivity index is 2.58. The predicted molar refractivity (Wildman–Crippen MR) is 57.7 cm³/mol. The van der Waals surface area contributed by atoms with Crippen molar-refractivity contribution < 1.29 is 4.74 Å². The van der Waals surface area contributed by atoms with Crippen molar-refractivity contribution in [3.8, 4) is 5.75 Å². The van der Waals surface area contributed by atoms with Gasteiger partial charge in [-0.1, -0.05) is 32.9 Å². The van der Waals surface area contributed by atoms with Crippen molar-refractivity contribution in [3.05, 3.63) is 35.7 Å². The Morgan fingerprint density at radius 2 is 1.79 bits per heavy atom. The average Bonchev–Trinajstić information content (AvgIpc) is 2.14. The molecule has 0 aliphatic rings. The molecule has 0 atom stereocenters. The van der Waals surface area contributed by atoms with E-state index in [1.807, 2.05) is 12.1 Å². The van der Waals surface area contributed by atoms with Crippen LogP contribution >= 0.6 is 0 Å². The van der Waals surface area contributed by atoms with Gasteiger partial charge in [0.25, 0.3) is 0 Å². The van der Waals surface area contributed by atoms with Crippen LogP contribution in [0.3, 0.4) is 0 Å². The van der Waals surface area contributed by atoms with Crippen LogP contribution < -0.4 is 4.74 Å². The van der Waals surface area contributed by atoms with Gasteiger partial charge in [0, 0.05) is 0 Å². The minimum atomic E-state index is 0.165. The topological polar surface area (TPSA) is 13.6 Å². The fourth-order valence-corrected chi connectivity index (χ4v) is 0.917. The minimum Gasteiger partial charge on any atom is -0.493 e. The summed E-state index contributed by atoms with van der Waals surface area (Å²) in [6.45, 7) is 13.9. The molecule has 0 aromatic heterocycles. The number of hydrogen-bond acceptors (Lipinski definition) is 1. The van der Waals surface area contributed by atoms with Crippen molar-refractivity contribution in [3.63, 3.8) is 0 Å². The van der Waals surface area contributed by atoms with Gasteiger partial charge >= 0.3 is 0 Å². The van der Waals surface area contributed by atoms with E-state index in [-0.39, 0.29) is 5.41 Å². The van der Waals surface area contributed by atoms with Crippen LogP contribution in [-0.4, -0.2) is 6.61 Å². The van der Waals surface area contributed by atoms with Crippen LogP contribution in [0.15, 0.2) is 24.3 Å². The Morgan fingerprint density at radius 3 is 2.21 bits per heavy atom. The first-order valence-electron chi connectivity index (χ1n) is 4.61. The van der Waals surface area contributed by atoms with Crippen molar-refractivity contribution in [2.45, 2.75) is 20.8 Å². The Bertz CT molecular complexity index is 327. The van der Waals surface area contributed by atoms with Crippen molar-refractivity contribution in [1.82, 2.24) is 0 Å². The van der Waals surface area contributed by atoms with Gasteiger partial charge in [-0.2, -0.15) is 0 Å². The molecule has 0 N–H and O–H groups in total. The van der Waals surface area contributed by atoms with Crippen LogP contribution in [0.5, 0.6) is 5.75 Å². The highest BCUT2D eigenvalue weighted by molar-refractivity contribution is 5.46. The summed E-state index contributed by atoms with van der Waals surface area (Å²) in [5.41, 5.74) is 0.812. The first-order chi connectivity index (χ1) is 6.51. The maximum absolute atomic E-state index is 6.80. The van der Waals surface area contributed by atoms with Gasteiger partial charge < -0.3 is 4.74 Å². The highest BCUT2D eigenvalue weighted by atomic mass is 16.5. The third-order valence-electron chi connectivity index (χ3n) is 1.64. The molecule has 0 fully saturated rings. The van der Waals surface area contributed by atoms with Crippen LogP contribution in [0, 0.1) is 12.0 Å². The third kappa shape index (κ3) is 3.49. The second-order valence-electron chi connectivity index (χ2n) is 4.46. The first-order valence-corrected chi connectivity index (χ1v) is 4.61. The molecular formula is C12H15NO. The molecule has 14 heavy (non-hydrogen) atoms. The molecule has 1 rings (SSSR count). The lowest BCUT2D eigenvalue weighted by molar-refractivity contribution is 0.198. The van der Waals surface area contributed by atoms with Gasteiger partial charge in [-0.05, 0) is 17.5 Å². The molecule has 0 unspecified atom stereocenters. The number of ether oxygens (including phenoxy) is 1. The van der Waals surface area contributed by atoms with Gasteiger partial charge in [-0.25, -0.2) is 4.85 Å². The van der Waals surface area contributed by atoms with E-state index in [1.54, 1.807) is 12.1 Å². The van der Waals surface area contributed by atoms with E-state index in [0.29, 0.717) is 12.3 Å². The number of rotatable bonds is 2. The van der Waals surface area contributed by atoms with E-state index in [0.717, 1.165) is 5.75 Å². The van der Waals surface area contributed by atoms with E-state index >= 15 is 0 Å². The summed E-state index contributed by atoms with van der Waals surface area (Å²) in [6.07, 6.45) is 0. The van der Waals surface area contributed by atoms with Gasteiger partial charge in [0.1, 0.15) is 5.75 Å². The third-order valence-corrected chi connectivity index (χ3v) is 1.64. The largest absolute Gasteiger partial charge is 0.493 e. The van der Waals surface area contributed by atoms with Crippen molar-refractivity contribution in [2.24, 2.45) is 5.41 Å². The summed E-state index contributed by atoms with van der Waals surface area (Å²) in [7, 11) is 0. The fourth-order valence-electron chi connectivity index (χ4n) is 0.917. The van der Waals surface area contributed by atoms with E-state index in [2.05, 4.69) is 25.6 Å². The first kappa shape index (κ1) is 10.6. The zero-order chi connectivity index (χ0) is 10.6. The molecule has 2 heteroatoms. The van der Waals surface area contributed by atoms with Crippen LogP contribution in [0.2, 0.25) is 0 Å². The lowest BCUT2D eigenvalue weighted by Crippen LogP contribution is -2.16. The number of hydrogen-bond donors (Lipinski definition) is 0. The van der Waals surface area contributed by atoms with Crippen LogP contribution in [-0.2, 0) is 0 Å². The van der Waals surface area contributed by atoms with Gasteiger partial charge in [0.15, 0.2) is 5.69 Å². The molecule has 74 valence electrons. The molecule has 0 radical (unpaired) electrons. The van der Waals surface area contributed by atoms with E-state index in [4.69, 9.17) is 11.3 Å². The molecule has 0 saturated carbocycles. The number of nitrogens with zero attached hydrogens (tertiary/aromatic N) is 1. The Morgan fingerprint density at radius 1 is 1.21 bits per heavy atom. The lowest BCUT2D eigenvalue weighted by atomic mass is 9.99. The van der Waals surface area contributed by atoms with E-state index < -0.39 is 0 Å². The van der Waals surface area contributed by atoms with E-state index in [1.165, 1.54) is 0 Å². The average molecular weight is 189 g/mol. The second-order valence-corrected chi connectivity index (χ2v) is 4.46. The standard InChI is InChI=1S/C12H15NO/c1-12(2,3)9-14-11-7-5-10(13-4)6-8-11/h5-8H,9H2,1-3H3. The van der Waals surface area contributed by atoms with Crippen LogP contribution in [0.1, 0.15) is 20.8 Å². The molecule has 2 nitrogen and oxygen atoms in total. The van der Waals surface area contributed by atoms with Crippen molar-refractivity contribution >= 4 is 5.69 Å². The maximum Gasteiger partial charge on any atom is 0.187 e. The normalized spacial score (nSPS) is 10.7. The SMILES string of the molecule is [C-]#[N+]c1ccc(OCC(C)(C)C)cc1. The Labute approximate surface area is 85.3 Å². The maximum atomic E-state index is 6.80. The molecule has 1 aromatic carbocycles. The zero-order valence-electron chi connectivity index (χ0n) is 8.87. The fraction of sp³-hybridized carbons (Fsp3) is 0.417. The lowest BCUT2D eigenvalue weighted by Gasteiger charge is -2.18. The van der Waals surface area contributed by atoms with Gasteiger partial charge in [-0.3, -0.25) is 0 Å². The van der Waals surface area contributed by atoms with E-state index in [9.17, 15) is 0 Å². The molecule has 0 saturated heterocycles. The molecule has 0 aliphatic carbocycles. The molecule has 0 amide bonds. The van der Waals surface area contributed by atoms with Gasteiger partial charge in [-0.15, -0.1) is 0 Å². The monoisotopic (exact) mass is 189 g/mol. The molecule has 0 bridgehead atoms. The summed E-state index contributed by atoms with van der Waals surface area (Å²) in [5, 5.41) is 0. The molecule has 0 aliphatic heterocycles. The highest BCUT2D eigenvalue weighted by Crippen LogP contribution is 2.20. The Hall–Kier alpha value is -1.49. The van der Waals surface area contributed by atoms with Gasteiger partial charge in [0.05, 0.1) is 13.2 Å². The number of benzene rings is 1. The summed E-state index contributed by atoms with van der Waals surface area (Å²) >= 11 is 0. The van der Waals surface area contributed by atoms with Crippen molar-refractivity contribution in [1.29, 1.82) is 0 Å². The van der Waals surface area contributed by atoms with Crippen molar-refractivity contribution in [2.75, 3.05) is 6.61 Å². The molecule has 0 spiro atoms. The van der Waals surface area contributed by atoms with Gasteiger partial charge in [0.2, 0.25) is 0 Å². The minimum absolute atomic E-state index is 0.165. The quantitative estimate of drug-likeness (QED) is 0.647.